The van der Waals surface area contributed by atoms with Crippen LogP contribution in [0.15, 0.2) is 42.3 Å². The highest BCUT2D eigenvalue weighted by Crippen LogP contribution is 2.53. The fourth-order valence-corrected chi connectivity index (χ4v) is 10.8. The largest absolute Gasteiger partial charge is 0.497 e. The number of amides is 4. The number of nitrogens with zero attached hydrogens (tertiary/aromatic N) is 3. The highest BCUT2D eigenvalue weighted by atomic mass is 32.2. The Kier molecular flexibility index (Phi) is 12.3. The van der Waals surface area contributed by atoms with Crippen LogP contribution in [-0.2, 0) is 29.1 Å². The number of likely N-dealkylation sites (tertiary alicyclic amines) is 1. The average molecular weight is 908 g/mol. The first kappa shape index (κ1) is 46.0. The van der Waals surface area contributed by atoms with Gasteiger partial charge in [-0.2, -0.15) is 0 Å². The highest BCUT2D eigenvalue weighted by Gasteiger charge is 2.64. The number of pyridine rings is 1. The first-order valence-electron chi connectivity index (χ1n) is 21.7. The summed E-state index contributed by atoms with van der Waals surface area (Å²) in [7, 11) is -2.48. The fraction of sp³-hybridized carbons (Fsp3) is 0.600. The van der Waals surface area contributed by atoms with Crippen molar-refractivity contribution in [1.29, 1.82) is 0 Å². The van der Waals surface area contributed by atoms with Crippen LogP contribution in [0, 0.1) is 17.3 Å². The Hall–Kier alpha value is -4.97. The molecule has 3 heterocycles. The predicted molar refractivity (Wildman–Crippen MR) is 241 cm³/mol. The van der Waals surface area contributed by atoms with Crippen molar-refractivity contribution in [2.24, 2.45) is 17.3 Å². The summed E-state index contributed by atoms with van der Waals surface area (Å²) in [5, 5.41) is 12.2. The summed E-state index contributed by atoms with van der Waals surface area (Å²) in [6, 6.07) is 5.00. The molecule has 1 unspecified atom stereocenters. The van der Waals surface area contributed by atoms with Gasteiger partial charge < -0.3 is 35.1 Å². The van der Waals surface area contributed by atoms with E-state index >= 15 is 0 Å². The van der Waals surface area contributed by atoms with Crippen LogP contribution >= 0.6 is 11.3 Å². The Morgan fingerprint density at radius 1 is 1.05 bits per heavy atom. The average Bonchev–Trinajstić information content (AvgIpc) is 4.16. The van der Waals surface area contributed by atoms with Crippen molar-refractivity contribution in [2.45, 2.75) is 140 Å². The summed E-state index contributed by atoms with van der Waals surface area (Å²) in [5.74, 6) is -1.27. The first-order chi connectivity index (χ1) is 29.5. The molecule has 3 aliphatic carbocycles. The number of hydrogen-bond donors (Lipinski definition) is 4. The maximum absolute atomic E-state index is 14.8. The molecular weight excluding hydrogens is 847 g/mol. The van der Waals surface area contributed by atoms with E-state index in [1.165, 1.54) is 22.3 Å². The molecule has 4 N–H and O–H groups in total. The number of rotatable bonds is 16. The lowest BCUT2D eigenvalue weighted by Crippen LogP contribution is -2.60. The first-order valence-corrected chi connectivity index (χ1v) is 24.0. The Balaban J connectivity index is 1.21. The Bertz CT molecular complexity index is 2400. The van der Waals surface area contributed by atoms with E-state index < -0.39 is 79.2 Å². The number of alkyl carbamates (subject to hydrolysis) is 1. The third-order valence-electron chi connectivity index (χ3n) is 12.1. The van der Waals surface area contributed by atoms with Gasteiger partial charge in [-0.05, 0) is 83.8 Å². The second-order valence-electron chi connectivity index (χ2n) is 19.9. The zero-order chi connectivity index (χ0) is 45.9. The van der Waals surface area contributed by atoms with E-state index in [1.54, 1.807) is 66.9 Å². The van der Waals surface area contributed by atoms with Crippen LogP contribution in [0.4, 0.5) is 9.93 Å². The summed E-state index contributed by atoms with van der Waals surface area (Å²) in [5.41, 5.74) is -1.58. The molecule has 342 valence electrons. The molecule has 4 fully saturated rings. The van der Waals surface area contributed by atoms with Crippen LogP contribution < -0.4 is 30.1 Å². The third kappa shape index (κ3) is 10.1. The van der Waals surface area contributed by atoms with Gasteiger partial charge in [-0.1, -0.05) is 39.7 Å². The number of carbonyl (C=O) groups is 4. The van der Waals surface area contributed by atoms with Gasteiger partial charge in [-0.3, -0.25) is 19.1 Å². The molecule has 5 atom stereocenters. The Labute approximate surface area is 373 Å². The topological polar surface area (TPSA) is 207 Å². The van der Waals surface area contributed by atoms with Crippen LogP contribution in [0.3, 0.4) is 0 Å². The summed E-state index contributed by atoms with van der Waals surface area (Å²) >= 11 is 1.44. The Morgan fingerprint density at radius 3 is 2.35 bits per heavy atom. The number of benzene rings is 1. The van der Waals surface area contributed by atoms with Crippen LogP contribution in [0.2, 0.25) is 0 Å². The molecule has 1 aliphatic heterocycles. The van der Waals surface area contributed by atoms with Gasteiger partial charge in [0.05, 0.1) is 29.6 Å². The summed E-state index contributed by atoms with van der Waals surface area (Å²) in [4.78, 5) is 67.8. The molecule has 4 amide bonds. The Morgan fingerprint density at radius 2 is 1.76 bits per heavy atom. The van der Waals surface area contributed by atoms with E-state index in [4.69, 9.17) is 24.2 Å². The quantitative estimate of drug-likeness (QED) is 0.117. The molecule has 1 saturated heterocycles. The molecule has 1 aromatic carbocycles. The van der Waals surface area contributed by atoms with Crippen molar-refractivity contribution in [3.63, 3.8) is 0 Å². The number of thiazole rings is 1. The molecule has 4 aliphatic rings. The summed E-state index contributed by atoms with van der Waals surface area (Å²) in [6.07, 6.45) is 3.50. The maximum Gasteiger partial charge on any atom is 0.408 e. The minimum Gasteiger partial charge on any atom is -0.497 e. The van der Waals surface area contributed by atoms with Gasteiger partial charge >= 0.3 is 6.09 Å². The van der Waals surface area contributed by atoms with E-state index in [1.807, 2.05) is 25.3 Å². The number of hydrogen-bond acceptors (Lipinski definition) is 13. The standard InChI is InChI=1S/C45H61N7O9S2/c1-11-27-22-45(27,39(55)51-63(57,58)44(16-17-44)21-26-12-13-26)50-37(53)34-19-29(23-52(34)38(54)36(42(4,5)6)49-41(56)61-43(7,8)9)60-35-20-32(33-24-62-40(48-33)46-25(2)3)47-31-18-28(59-10)14-15-30(31)35/h11,14-15,18,20,24-27,29,34,36H,1,12-13,16-17,19,21-23H2,2-10H3,(H,46,48)(H,49,56)(H,50,53)(H,51,55)/t27?,29-,34+,36-,45-/m1/s1. The number of sulfonamides is 1. The summed E-state index contributed by atoms with van der Waals surface area (Å²) < 4.78 is 46.6. The van der Waals surface area contributed by atoms with Crippen molar-refractivity contribution in [3.8, 4) is 22.9 Å². The molecule has 0 bridgehead atoms. The van der Waals surface area contributed by atoms with Crippen molar-refractivity contribution in [1.82, 2.24) is 30.2 Å². The predicted octanol–water partition coefficient (Wildman–Crippen LogP) is 6.31. The lowest BCUT2D eigenvalue weighted by Gasteiger charge is -2.36. The number of carbonyl (C=O) groups excluding carboxylic acids is 4. The molecule has 18 heteroatoms. The molecule has 7 rings (SSSR count). The minimum absolute atomic E-state index is 0.00537. The van der Waals surface area contributed by atoms with Crippen molar-refractivity contribution in [3.05, 3.63) is 42.3 Å². The van der Waals surface area contributed by atoms with Gasteiger partial charge in [0, 0.05) is 41.3 Å². The van der Waals surface area contributed by atoms with E-state index in [-0.39, 0.29) is 25.4 Å². The van der Waals surface area contributed by atoms with E-state index in [0.717, 1.165) is 18.0 Å². The van der Waals surface area contributed by atoms with E-state index in [9.17, 15) is 27.6 Å². The number of fused-ring (bicyclic) bond motifs is 1. The number of methoxy groups -OCH3 is 1. The van der Waals surface area contributed by atoms with Crippen LogP contribution in [0.5, 0.6) is 11.5 Å². The van der Waals surface area contributed by atoms with Gasteiger partial charge in [-0.25, -0.2) is 23.2 Å². The maximum atomic E-state index is 14.8. The van der Waals surface area contributed by atoms with Gasteiger partial charge in [0.1, 0.15) is 46.5 Å². The third-order valence-corrected chi connectivity index (χ3v) is 15.0. The zero-order valence-electron chi connectivity index (χ0n) is 37.6. The summed E-state index contributed by atoms with van der Waals surface area (Å²) in [6.45, 7) is 18.3. The molecular formula is C45H61N7O9S2. The van der Waals surface area contributed by atoms with Gasteiger partial charge in [0.25, 0.3) is 5.91 Å². The molecule has 63 heavy (non-hydrogen) atoms. The second kappa shape index (κ2) is 16.9. The number of aromatic nitrogens is 2. The normalized spacial score (nSPS) is 23.4. The molecule has 2 aromatic heterocycles. The highest BCUT2D eigenvalue weighted by molar-refractivity contribution is 7.91. The number of nitrogens with one attached hydrogen (secondary N) is 4. The smallest absolute Gasteiger partial charge is 0.408 e. The molecule has 0 spiro atoms. The van der Waals surface area contributed by atoms with E-state index in [0.29, 0.717) is 59.0 Å². The molecule has 3 saturated carbocycles. The lowest BCUT2D eigenvalue weighted by atomic mass is 9.85. The zero-order valence-corrected chi connectivity index (χ0v) is 39.3. The van der Waals surface area contributed by atoms with Crippen molar-refractivity contribution in [2.75, 3.05) is 19.0 Å². The number of anilines is 1. The van der Waals surface area contributed by atoms with Crippen LogP contribution in [0.25, 0.3) is 22.3 Å². The van der Waals surface area contributed by atoms with Crippen molar-refractivity contribution >= 4 is 61.2 Å². The lowest BCUT2D eigenvalue weighted by molar-refractivity contribution is -0.143. The van der Waals surface area contributed by atoms with Gasteiger partial charge in [0.15, 0.2) is 5.13 Å². The SMILES string of the molecule is C=CC1C[C@]1(NC(=O)[C@@H]1C[C@@H](Oc2cc(-c3csc(NC(C)C)n3)nc3cc(OC)ccc23)CN1C(=O)[C@@H](NC(=O)OC(C)(C)C)C(C)(C)C)C(=O)NS(=O)(=O)C1(CC2CC2)CC1. The second-order valence-corrected chi connectivity index (χ2v) is 22.9. The van der Waals surface area contributed by atoms with Gasteiger partial charge in [0.2, 0.25) is 21.8 Å². The van der Waals surface area contributed by atoms with Crippen LogP contribution in [0.1, 0.15) is 100 Å². The molecule has 16 nitrogen and oxygen atoms in total. The number of ether oxygens (including phenoxy) is 3. The fourth-order valence-electron chi connectivity index (χ4n) is 8.26. The van der Waals surface area contributed by atoms with Gasteiger partial charge in [-0.15, -0.1) is 17.9 Å². The minimum atomic E-state index is -4.04. The monoisotopic (exact) mass is 907 g/mol. The van der Waals surface area contributed by atoms with Crippen LogP contribution in [-0.4, -0.2) is 101 Å². The van der Waals surface area contributed by atoms with E-state index in [2.05, 4.69) is 27.3 Å². The molecule has 3 aromatic rings. The molecule has 0 radical (unpaired) electrons. The van der Waals surface area contributed by atoms with Crippen molar-refractivity contribution < 1.29 is 41.8 Å².